The summed E-state index contributed by atoms with van der Waals surface area (Å²) in [6.45, 7) is 11.5. The van der Waals surface area contributed by atoms with Crippen LogP contribution in [0.25, 0.3) is 11.0 Å². The first-order valence-corrected chi connectivity index (χ1v) is 10.6. The second-order valence-corrected chi connectivity index (χ2v) is 8.39. The van der Waals surface area contributed by atoms with Crippen LogP contribution >= 0.6 is 0 Å². The number of hydrogen-bond acceptors (Lipinski definition) is 5. The molecular formula is C22H31N5O. The number of piperidine rings is 1. The molecule has 2 aliphatic heterocycles. The second kappa shape index (κ2) is 8.03. The van der Waals surface area contributed by atoms with Crippen LogP contribution in [0.4, 0.5) is 5.82 Å². The Morgan fingerprint density at radius 1 is 1.07 bits per heavy atom. The van der Waals surface area contributed by atoms with E-state index in [2.05, 4.69) is 35.6 Å². The smallest absolute Gasteiger partial charge is 0.254 e. The Hall–Kier alpha value is -2.21. The van der Waals surface area contributed by atoms with Crippen LogP contribution in [0, 0.1) is 0 Å². The van der Waals surface area contributed by atoms with E-state index in [4.69, 9.17) is 4.98 Å². The van der Waals surface area contributed by atoms with Crippen molar-refractivity contribution in [2.45, 2.75) is 52.1 Å². The van der Waals surface area contributed by atoms with Gasteiger partial charge < -0.3 is 9.80 Å². The van der Waals surface area contributed by atoms with E-state index in [-0.39, 0.29) is 5.91 Å². The van der Waals surface area contributed by atoms with Crippen LogP contribution in [0.15, 0.2) is 24.4 Å². The Labute approximate surface area is 167 Å². The van der Waals surface area contributed by atoms with Gasteiger partial charge in [-0.05, 0) is 58.2 Å². The number of fused-ring (bicyclic) bond motifs is 1. The van der Waals surface area contributed by atoms with Crippen LogP contribution in [-0.2, 0) is 0 Å². The number of aromatic nitrogens is 2. The van der Waals surface area contributed by atoms with E-state index in [1.807, 2.05) is 29.3 Å². The largest absolute Gasteiger partial charge is 0.353 e. The Morgan fingerprint density at radius 3 is 2.57 bits per heavy atom. The van der Waals surface area contributed by atoms with E-state index in [0.29, 0.717) is 12.1 Å². The second-order valence-electron chi connectivity index (χ2n) is 8.39. The molecule has 0 bridgehead atoms. The Bertz CT molecular complexity index is 844. The minimum Gasteiger partial charge on any atom is -0.353 e. The number of carbonyl (C=O) groups is 1. The third-order valence-corrected chi connectivity index (χ3v) is 6.21. The van der Waals surface area contributed by atoms with E-state index in [1.165, 1.54) is 6.42 Å². The molecule has 150 valence electrons. The summed E-state index contributed by atoms with van der Waals surface area (Å²) >= 11 is 0. The summed E-state index contributed by atoms with van der Waals surface area (Å²) in [6.07, 6.45) is 5.25. The first-order valence-electron chi connectivity index (χ1n) is 10.6. The zero-order valence-electron chi connectivity index (χ0n) is 17.3. The Balaban J connectivity index is 1.55. The molecule has 4 rings (SSSR count). The lowest BCUT2D eigenvalue weighted by Gasteiger charge is -2.37. The normalized spacial score (nSPS) is 21.5. The van der Waals surface area contributed by atoms with Gasteiger partial charge >= 0.3 is 0 Å². The topological polar surface area (TPSA) is 52.6 Å². The highest BCUT2D eigenvalue weighted by Gasteiger charge is 2.25. The van der Waals surface area contributed by atoms with E-state index in [9.17, 15) is 4.79 Å². The molecule has 2 saturated heterocycles. The van der Waals surface area contributed by atoms with Crippen molar-refractivity contribution >= 4 is 22.8 Å². The van der Waals surface area contributed by atoms with Gasteiger partial charge in [0.15, 0.2) is 0 Å². The predicted molar refractivity (Wildman–Crippen MR) is 113 cm³/mol. The van der Waals surface area contributed by atoms with Crippen molar-refractivity contribution in [3.8, 4) is 0 Å². The highest BCUT2D eigenvalue weighted by Crippen LogP contribution is 2.22. The molecule has 0 aliphatic carbocycles. The standard InChI is InChI=1S/C22H31N5O/c1-16(2)25-10-12-26(13-11-25)21-15-23-19-8-7-18(14-20(19)24-21)22(28)27-9-5-4-6-17(27)3/h7-8,14-17H,4-6,9-13H2,1-3H3. The van der Waals surface area contributed by atoms with Gasteiger partial charge in [-0.3, -0.25) is 14.7 Å². The monoisotopic (exact) mass is 381 g/mol. The van der Waals surface area contributed by atoms with Crippen molar-refractivity contribution in [3.05, 3.63) is 30.0 Å². The molecule has 0 radical (unpaired) electrons. The molecule has 2 aromatic rings. The van der Waals surface area contributed by atoms with Crippen molar-refractivity contribution in [1.29, 1.82) is 0 Å². The Morgan fingerprint density at radius 2 is 1.86 bits per heavy atom. The average Bonchev–Trinajstić information content (AvgIpc) is 2.73. The summed E-state index contributed by atoms with van der Waals surface area (Å²) in [5, 5.41) is 0. The molecule has 0 N–H and O–H groups in total. The van der Waals surface area contributed by atoms with Crippen molar-refractivity contribution in [1.82, 2.24) is 19.8 Å². The molecule has 2 aliphatic rings. The molecule has 0 saturated carbocycles. The zero-order valence-corrected chi connectivity index (χ0v) is 17.3. The van der Waals surface area contributed by atoms with Gasteiger partial charge in [-0.2, -0.15) is 0 Å². The Kier molecular flexibility index (Phi) is 5.49. The van der Waals surface area contributed by atoms with Crippen LogP contribution in [0.3, 0.4) is 0 Å². The lowest BCUT2D eigenvalue weighted by atomic mass is 10.0. The molecule has 28 heavy (non-hydrogen) atoms. The van der Waals surface area contributed by atoms with Gasteiger partial charge in [0.05, 0.1) is 17.2 Å². The van der Waals surface area contributed by atoms with Crippen molar-refractivity contribution < 1.29 is 4.79 Å². The molecule has 3 heterocycles. The first-order chi connectivity index (χ1) is 13.5. The third-order valence-electron chi connectivity index (χ3n) is 6.21. The van der Waals surface area contributed by atoms with Crippen LogP contribution in [0.1, 0.15) is 50.4 Å². The van der Waals surface area contributed by atoms with E-state index in [0.717, 1.165) is 68.0 Å². The zero-order chi connectivity index (χ0) is 19.7. The lowest BCUT2D eigenvalue weighted by Crippen LogP contribution is -2.49. The maximum atomic E-state index is 13.0. The third kappa shape index (κ3) is 3.83. The number of amides is 1. The van der Waals surface area contributed by atoms with Gasteiger partial charge in [0.1, 0.15) is 5.82 Å². The summed E-state index contributed by atoms with van der Waals surface area (Å²) < 4.78 is 0. The van der Waals surface area contributed by atoms with E-state index >= 15 is 0 Å². The minimum atomic E-state index is 0.117. The number of likely N-dealkylation sites (tertiary alicyclic amines) is 1. The molecule has 1 amide bonds. The quantitative estimate of drug-likeness (QED) is 0.817. The number of hydrogen-bond donors (Lipinski definition) is 0. The molecule has 0 spiro atoms. The number of carbonyl (C=O) groups excluding carboxylic acids is 1. The van der Waals surface area contributed by atoms with E-state index in [1.54, 1.807) is 0 Å². The van der Waals surface area contributed by atoms with Crippen molar-refractivity contribution in [2.75, 3.05) is 37.6 Å². The van der Waals surface area contributed by atoms with Gasteiger partial charge in [0, 0.05) is 50.4 Å². The number of anilines is 1. The first kappa shape index (κ1) is 19.1. The maximum Gasteiger partial charge on any atom is 0.254 e. The van der Waals surface area contributed by atoms with Gasteiger partial charge in [0.2, 0.25) is 0 Å². The van der Waals surface area contributed by atoms with Crippen molar-refractivity contribution in [3.63, 3.8) is 0 Å². The average molecular weight is 382 g/mol. The molecule has 1 atom stereocenters. The lowest BCUT2D eigenvalue weighted by molar-refractivity contribution is 0.0636. The molecular weight excluding hydrogens is 350 g/mol. The van der Waals surface area contributed by atoms with Gasteiger partial charge in [-0.1, -0.05) is 0 Å². The molecule has 1 aromatic heterocycles. The highest BCUT2D eigenvalue weighted by atomic mass is 16.2. The van der Waals surface area contributed by atoms with Gasteiger partial charge in [0.25, 0.3) is 5.91 Å². The van der Waals surface area contributed by atoms with Crippen LogP contribution in [0.2, 0.25) is 0 Å². The van der Waals surface area contributed by atoms with Crippen LogP contribution in [-0.4, -0.2) is 70.5 Å². The number of benzene rings is 1. The fourth-order valence-electron chi connectivity index (χ4n) is 4.32. The number of rotatable bonds is 3. The summed E-state index contributed by atoms with van der Waals surface area (Å²) in [6, 6.07) is 6.62. The van der Waals surface area contributed by atoms with Crippen molar-refractivity contribution in [2.24, 2.45) is 0 Å². The van der Waals surface area contributed by atoms with Gasteiger partial charge in [-0.15, -0.1) is 0 Å². The molecule has 6 nitrogen and oxygen atoms in total. The van der Waals surface area contributed by atoms with E-state index < -0.39 is 0 Å². The SMILES string of the molecule is CC(C)N1CCN(c2cnc3ccc(C(=O)N4CCCCC4C)cc3n2)CC1. The molecule has 1 unspecified atom stereocenters. The molecule has 1 aromatic carbocycles. The summed E-state index contributed by atoms with van der Waals surface area (Å²) in [5.74, 6) is 1.03. The van der Waals surface area contributed by atoms with Crippen LogP contribution in [0.5, 0.6) is 0 Å². The predicted octanol–water partition coefficient (Wildman–Crippen LogP) is 3.17. The summed E-state index contributed by atoms with van der Waals surface area (Å²) in [7, 11) is 0. The fourth-order valence-corrected chi connectivity index (χ4v) is 4.32. The fraction of sp³-hybridized carbons (Fsp3) is 0.591. The summed E-state index contributed by atoms with van der Waals surface area (Å²) in [4.78, 5) is 29.2. The highest BCUT2D eigenvalue weighted by molar-refractivity contribution is 5.97. The maximum absolute atomic E-state index is 13.0. The van der Waals surface area contributed by atoms with Crippen LogP contribution < -0.4 is 4.90 Å². The summed E-state index contributed by atoms with van der Waals surface area (Å²) in [5.41, 5.74) is 2.37. The van der Waals surface area contributed by atoms with Gasteiger partial charge in [-0.25, -0.2) is 4.98 Å². The minimum absolute atomic E-state index is 0.117. The molecule has 2 fully saturated rings. The molecule has 6 heteroatoms. The number of nitrogens with zero attached hydrogens (tertiary/aromatic N) is 5. The number of piperazine rings is 1.